The molecule has 3 N–H and O–H groups in total. The highest BCUT2D eigenvalue weighted by Gasteiger charge is 2.31. The number of nitrogens with one attached hydrogen (secondary N) is 1. The summed E-state index contributed by atoms with van der Waals surface area (Å²) in [5.41, 5.74) is 9.58. The number of halogens is 1. The summed E-state index contributed by atoms with van der Waals surface area (Å²) in [4.78, 5) is 4.36. The van der Waals surface area contributed by atoms with E-state index in [-0.39, 0.29) is 12.1 Å². The number of benzene rings is 2. The number of anilines is 2. The van der Waals surface area contributed by atoms with Crippen molar-refractivity contribution in [1.29, 1.82) is 0 Å². The van der Waals surface area contributed by atoms with Crippen molar-refractivity contribution in [2.24, 2.45) is 0 Å². The van der Waals surface area contributed by atoms with Crippen molar-refractivity contribution < 1.29 is 0 Å². The van der Waals surface area contributed by atoms with Crippen LogP contribution in [0, 0.1) is 6.92 Å². The number of fused-ring (bicyclic) bond motifs is 1. The second-order valence-corrected chi connectivity index (χ2v) is 7.01. The Morgan fingerprint density at radius 1 is 1.17 bits per heavy atom. The molecule has 4 rings (SSSR count). The van der Waals surface area contributed by atoms with Crippen LogP contribution < -0.4 is 11.1 Å². The van der Waals surface area contributed by atoms with Crippen LogP contribution in [-0.4, -0.2) is 14.8 Å². The number of hydrogen-bond acceptors (Lipinski definition) is 4. The van der Waals surface area contributed by atoms with E-state index in [0.717, 1.165) is 16.8 Å². The molecule has 0 saturated heterocycles. The van der Waals surface area contributed by atoms with E-state index >= 15 is 0 Å². The van der Waals surface area contributed by atoms with Gasteiger partial charge in [0.1, 0.15) is 0 Å². The predicted molar refractivity (Wildman–Crippen MR) is 98.9 cm³/mol. The summed E-state index contributed by atoms with van der Waals surface area (Å²) < 4.78 is 2.98. The topological polar surface area (TPSA) is 68.8 Å². The third kappa shape index (κ3) is 2.67. The molecule has 1 aromatic heterocycles. The predicted octanol–water partition coefficient (Wildman–Crippen LogP) is 4.08. The maximum atomic E-state index is 5.85. The van der Waals surface area contributed by atoms with E-state index in [0.29, 0.717) is 5.95 Å². The molecule has 1 aliphatic heterocycles. The maximum Gasteiger partial charge on any atom is 0.241 e. The van der Waals surface area contributed by atoms with E-state index in [9.17, 15) is 0 Å². The average Bonchev–Trinajstić information content (AvgIpc) is 2.95. The van der Waals surface area contributed by atoms with Crippen molar-refractivity contribution >= 4 is 27.8 Å². The number of rotatable bonds is 2. The van der Waals surface area contributed by atoms with Gasteiger partial charge in [0.05, 0.1) is 12.1 Å². The molecule has 0 aliphatic carbocycles. The Morgan fingerprint density at radius 3 is 2.67 bits per heavy atom. The van der Waals surface area contributed by atoms with Gasteiger partial charge in [-0.3, -0.25) is 0 Å². The van der Waals surface area contributed by atoms with Crippen LogP contribution in [0.4, 0.5) is 11.9 Å². The summed E-state index contributed by atoms with van der Waals surface area (Å²) in [6.07, 6.45) is 0.891. The maximum absolute atomic E-state index is 5.85. The highest BCUT2D eigenvalue weighted by molar-refractivity contribution is 9.10. The minimum Gasteiger partial charge on any atom is -0.366 e. The van der Waals surface area contributed by atoms with E-state index in [2.05, 4.69) is 86.8 Å². The largest absolute Gasteiger partial charge is 0.366 e. The first-order chi connectivity index (χ1) is 11.6. The molecule has 3 aromatic rings. The molecule has 0 spiro atoms. The average molecular weight is 384 g/mol. The Morgan fingerprint density at radius 2 is 1.92 bits per heavy atom. The minimum atomic E-state index is 0.112. The zero-order valence-corrected chi connectivity index (χ0v) is 14.9. The smallest absolute Gasteiger partial charge is 0.241 e. The standard InChI is InChI=1S/C18H18BrN5/c1-11-4-2-3-5-14(11)16-10-15(12-6-8-13(19)9-7-12)21-18-22-17(20)23-24(16)18/h2-9,15-16H,10H2,1H3,(H3,20,21,22,23)/t15-,16+/m1/s1. The third-order valence-electron chi connectivity index (χ3n) is 4.52. The third-order valence-corrected chi connectivity index (χ3v) is 5.05. The van der Waals surface area contributed by atoms with Gasteiger partial charge in [0.15, 0.2) is 0 Å². The SMILES string of the molecule is Cc1ccccc1[C@@H]1C[C@H](c2ccc(Br)cc2)Nc2nc(N)nn21. The molecule has 1 aliphatic rings. The molecule has 0 fully saturated rings. The highest BCUT2D eigenvalue weighted by atomic mass is 79.9. The van der Waals surface area contributed by atoms with Crippen molar-refractivity contribution in [3.63, 3.8) is 0 Å². The zero-order valence-electron chi connectivity index (χ0n) is 13.3. The van der Waals surface area contributed by atoms with Gasteiger partial charge in [0, 0.05) is 4.47 Å². The quantitative estimate of drug-likeness (QED) is 0.699. The summed E-state index contributed by atoms with van der Waals surface area (Å²) in [7, 11) is 0. The molecule has 6 heteroatoms. The molecule has 0 saturated carbocycles. The van der Waals surface area contributed by atoms with Crippen molar-refractivity contribution in [2.75, 3.05) is 11.1 Å². The summed E-state index contributed by atoms with van der Waals surface area (Å²) >= 11 is 3.49. The lowest BCUT2D eigenvalue weighted by atomic mass is 9.91. The number of nitrogens with two attached hydrogens (primary N) is 1. The minimum absolute atomic E-state index is 0.112. The first-order valence-corrected chi connectivity index (χ1v) is 8.70. The molecule has 24 heavy (non-hydrogen) atoms. The lowest BCUT2D eigenvalue weighted by molar-refractivity contribution is 0.430. The Balaban J connectivity index is 1.78. The number of aryl methyl sites for hydroxylation is 1. The fourth-order valence-electron chi connectivity index (χ4n) is 3.33. The molecule has 122 valence electrons. The van der Waals surface area contributed by atoms with Gasteiger partial charge in [0.25, 0.3) is 0 Å². The lowest BCUT2D eigenvalue weighted by Gasteiger charge is -2.32. The lowest BCUT2D eigenvalue weighted by Crippen LogP contribution is -2.28. The molecule has 0 bridgehead atoms. The van der Waals surface area contributed by atoms with Gasteiger partial charge in [-0.2, -0.15) is 4.98 Å². The van der Waals surface area contributed by atoms with E-state index < -0.39 is 0 Å². The monoisotopic (exact) mass is 383 g/mol. The van der Waals surface area contributed by atoms with Gasteiger partial charge in [-0.05, 0) is 42.2 Å². The molecule has 2 heterocycles. The molecule has 2 aromatic carbocycles. The first-order valence-electron chi connectivity index (χ1n) is 7.91. The van der Waals surface area contributed by atoms with E-state index in [4.69, 9.17) is 5.73 Å². The summed E-state index contributed by atoms with van der Waals surface area (Å²) in [5.74, 6) is 1.02. The highest BCUT2D eigenvalue weighted by Crippen LogP contribution is 2.39. The molecule has 2 atom stereocenters. The molecular formula is C18H18BrN5. The van der Waals surface area contributed by atoms with Gasteiger partial charge in [-0.1, -0.05) is 52.3 Å². The molecular weight excluding hydrogens is 366 g/mol. The van der Waals surface area contributed by atoms with Crippen LogP contribution in [0.3, 0.4) is 0 Å². The first kappa shape index (κ1) is 15.2. The van der Waals surface area contributed by atoms with Crippen LogP contribution in [0.15, 0.2) is 53.0 Å². The van der Waals surface area contributed by atoms with Crippen LogP contribution in [-0.2, 0) is 0 Å². The van der Waals surface area contributed by atoms with Crippen molar-refractivity contribution in [2.45, 2.75) is 25.4 Å². The Hall–Kier alpha value is -2.34. The Labute approximate surface area is 149 Å². The second-order valence-electron chi connectivity index (χ2n) is 6.09. The normalized spacial score (nSPS) is 19.6. The van der Waals surface area contributed by atoms with Crippen LogP contribution in [0.25, 0.3) is 0 Å². The van der Waals surface area contributed by atoms with Crippen molar-refractivity contribution in [3.05, 3.63) is 69.7 Å². The molecule has 0 amide bonds. The Bertz CT molecular complexity index is 871. The molecule has 5 nitrogen and oxygen atoms in total. The van der Waals surface area contributed by atoms with Gasteiger partial charge >= 0.3 is 0 Å². The van der Waals surface area contributed by atoms with E-state index in [1.807, 2.05) is 4.68 Å². The fourth-order valence-corrected chi connectivity index (χ4v) is 3.59. The van der Waals surface area contributed by atoms with Crippen LogP contribution in [0.5, 0.6) is 0 Å². The van der Waals surface area contributed by atoms with Crippen LogP contribution in [0.1, 0.15) is 35.2 Å². The van der Waals surface area contributed by atoms with Gasteiger partial charge < -0.3 is 11.1 Å². The number of aromatic nitrogens is 3. The van der Waals surface area contributed by atoms with Gasteiger partial charge in [0.2, 0.25) is 11.9 Å². The van der Waals surface area contributed by atoms with E-state index in [1.54, 1.807) is 0 Å². The van der Waals surface area contributed by atoms with Crippen LogP contribution in [0.2, 0.25) is 0 Å². The number of nitrogens with zero attached hydrogens (tertiary/aromatic N) is 3. The molecule has 0 radical (unpaired) electrons. The zero-order chi connectivity index (χ0) is 16.7. The van der Waals surface area contributed by atoms with Gasteiger partial charge in [-0.25, -0.2) is 4.68 Å². The van der Waals surface area contributed by atoms with Crippen LogP contribution >= 0.6 is 15.9 Å². The van der Waals surface area contributed by atoms with E-state index in [1.165, 1.54) is 16.7 Å². The number of hydrogen-bond donors (Lipinski definition) is 2. The Kier molecular flexibility index (Phi) is 3.76. The van der Waals surface area contributed by atoms with Crippen molar-refractivity contribution in [3.8, 4) is 0 Å². The summed E-state index contributed by atoms with van der Waals surface area (Å²) in [6, 6.07) is 17.1. The number of nitrogen functional groups attached to an aromatic ring is 1. The summed E-state index contributed by atoms with van der Waals surface area (Å²) in [5, 5.41) is 7.87. The second kappa shape index (κ2) is 5.94. The van der Waals surface area contributed by atoms with Crippen molar-refractivity contribution in [1.82, 2.24) is 14.8 Å². The fraction of sp³-hybridized carbons (Fsp3) is 0.222. The van der Waals surface area contributed by atoms with Gasteiger partial charge in [-0.15, -0.1) is 5.10 Å². The molecule has 0 unspecified atom stereocenters. The summed E-state index contributed by atoms with van der Waals surface area (Å²) in [6.45, 7) is 2.13.